The fraction of sp³-hybridized carbons (Fsp3) is 0.280. The van der Waals surface area contributed by atoms with Crippen LogP contribution in [0.5, 0.6) is 0 Å². The van der Waals surface area contributed by atoms with Crippen molar-refractivity contribution >= 4 is 34.4 Å². The molecule has 0 spiro atoms. The van der Waals surface area contributed by atoms with Crippen LogP contribution in [-0.2, 0) is 4.74 Å². The van der Waals surface area contributed by atoms with Gasteiger partial charge >= 0.3 is 0 Å². The van der Waals surface area contributed by atoms with Gasteiger partial charge in [0.15, 0.2) is 0 Å². The van der Waals surface area contributed by atoms with Crippen molar-refractivity contribution < 1.29 is 19.0 Å². The van der Waals surface area contributed by atoms with Gasteiger partial charge in [-0.25, -0.2) is 14.4 Å². The molecule has 2 aromatic carbocycles. The summed E-state index contributed by atoms with van der Waals surface area (Å²) in [6, 6.07) is 8.99. The summed E-state index contributed by atoms with van der Waals surface area (Å²) in [5.41, 5.74) is 2.18. The van der Waals surface area contributed by atoms with Crippen LogP contribution in [0.3, 0.4) is 0 Å². The van der Waals surface area contributed by atoms with Gasteiger partial charge in [0.25, 0.3) is 5.91 Å². The number of aliphatic hydroxyl groups excluding tert-OH is 1. The Kier molecular flexibility index (Phi) is 7.08. The highest BCUT2D eigenvalue weighted by Gasteiger charge is 2.23. The summed E-state index contributed by atoms with van der Waals surface area (Å²) >= 11 is 5.84. The molecule has 1 fully saturated rings. The molecular weight excluding hydrogens is 487 g/mol. The van der Waals surface area contributed by atoms with Gasteiger partial charge in [0.05, 0.1) is 35.5 Å². The van der Waals surface area contributed by atoms with E-state index in [0.717, 1.165) is 11.8 Å². The smallest absolute Gasteiger partial charge is 0.252 e. The van der Waals surface area contributed by atoms with E-state index in [1.807, 2.05) is 0 Å². The lowest BCUT2D eigenvalue weighted by atomic mass is 10.0. The van der Waals surface area contributed by atoms with Gasteiger partial charge in [0, 0.05) is 41.6 Å². The van der Waals surface area contributed by atoms with Crippen molar-refractivity contribution in [2.24, 2.45) is 0 Å². The molecular formula is C25H24ClFN6O3. The second kappa shape index (κ2) is 10.6. The first-order valence-electron chi connectivity index (χ1n) is 11.5. The fourth-order valence-corrected chi connectivity index (χ4v) is 4.36. The maximum Gasteiger partial charge on any atom is 0.252 e. The number of ether oxygens (including phenoxy) is 1. The number of aromatic nitrogens is 4. The normalized spacial score (nSPS) is 18.6. The predicted molar refractivity (Wildman–Crippen MR) is 132 cm³/mol. The van der Waals surface area contributed by atoms with Crippen LogP contribution in [0, 0.1) is 5.82 Å². The number of amides is 1. The van der Waals surface area contributed by atoms with E-state index in [-0.39, 0.29) is 29.7 Å². The molecule has 0 unspecified atom stereocenters. The molecule has 5 rings (SSSR count). The first-order chi connectivity index (χ1) is 17.5. The monoisotopic (exact) mass is 510 g/mol. The lowest BCUT2D eigenvalue weighted by molar-refractivity contribution is -0.0213. The number of carbonyl (C=O) groups is 1. The van der Waals surface area contributed by atoms with E-state index in [4.69, 9.17) is 16.3 Å². The number of benzene rings is 2. The SMILES string of the molecule is O=C(N[C@H](c1cn[nH]c1)c1ccc(Cl)c(F)c1)c1ccc2cnc(N[C@@H]3CCO[C@H](CO)C3)nc2c1. The number of aromatic amines is 1. The molecule has 11 heteroatoms. The Hall–Kier alpha value is -3.60. The molecule has 1 aliphatic rings. The number of H-pyrrole nitrogens is 1. The van der Waals surface area contributed by atoms with Crippen LogP contribution in [-0.4, -0.2) is 56.5 Å². The van der Waals surface area contributed by atoms with E-state index in [2.05, 4.69) is 30.8 Å². The molecule has 3 atom stereocenters. The number of rotatable bonds is 7. The summed E-state index contributed by atoms with van der Waals surface area (Å²) in [4.78, 5) is 22.2. The predicted octanol–water partition coefficient (Wildman–Crippen LogP) is 3.62. The van der Waals surface area contributed by atoms with Crippen LogP contribution in [0.25, 0.3) is 10.9 Å². The fourth-order valence-electron chi connectivity index (χ4n) is 4.24. The van der Waals surface area contributed by atoms with Gasteiger partial charge in [-0.15, -0.1) is 0 Å². The highest BCUT2D eigenvalue weighted by Crippen LogP contribution is 2.26. The molecule has 9 nitrogen and oxygen atoms in total. The number of carbonyl (C=O) groups excluding carboxylic acids is 1. The van der Waals surface area contributed by atoms with Crippen LogP contribution in [0.1, 0.15) is 40.4 Å². The Morgan fingerprint density at radius 3 is 2.92 bits per heavy atom. The standard InChI is InChI=1S/C25H24ClFN6O3/c26-20-4-3-14(7-21(20)27)23(17-11-29-30-12-17)33-24(35)15-1-2-16-10-28-25(32-22(16)8-15)31-18-5-6-36-19(9-18)13-34/h1-4,7-8,10-12,18-19,23,34H,5-6,9,13H2,(H,29,30)(H,33,35)(H,28,31,32)/t18-,19+,23+/m1/s1. The number of hydrogen-bond acceptors (Lipinski definition) is 7. The van der Waals surface area contributed by atoms with Crippen molar-refractivity contribution in [2.75, 3.05) is 18.5 Å². The van der Waals surface area contributed by atoms with Gasteiger partial charge in [-0.2, -0.15) is 5.10 Å². The molecule has 3 heterocycles. The molecule has 0 radical (unpaired) electrons. The van der Waals surface area contributed by atoms with Gasteiger partial charge in [0.1, 0.15) is 5.82 Å². The molecule has 4 aromatic rings. The minimum atomic E-state index is -0.644. The average molecular weight is 511 g/mol. The van der Waals surface area contributed by atoms with Crippen LogP contribution < -0.4 is 10.6 Å². The van der Waals surface area contributed by atoms with E-state index in [9.17, 15) is 14.3 Å². The number of nitrogens with one attached hydrogen (secondary N) is 3. The summed E-state index contributed by atoms with van der Waals surface area (Å²) < 4.78 is 19.7. The Labute approximate surface area is 211 Å². The zero-order chi connectivity index (χ0) is 25.1. The number of fused-ring (bicyclic) bond motifs is 1. The van der Waals surface area contributed by atoms with Crippen molar-refractivity contribution in [3.05, 3.63) is 82.5 Å². The van der Waals surface area contributed by atoms with Crippen molar-refractivity contribution in [2.45, 2.75) is 31.0 Å². The van der Waals surface area contributed by atoms with Gasteiger partial charge in [0.2, 0.25) is 5.95 Å². The topological polar surface area (TPSA) is 125 Å². The Morgan fingerprint density at radius 2 is 2.14 bits per heavy atom. The average Bonchev–Trinajstić information content (AvgIpc) is 3.43. The van der Waals surface area contributed by atoms with Crippen LogP contribution >= 0.6 is 11.6 Å². The van der Waals surface area contributed by atoms with Crippen molar-refractivity contribution in [1.82, 2.24) is 25.5 Å². The van der Waals surface area contributed by atoms with Crippen molar-refractivity contribution in [3.8, 4) is 0 Å². The minimum Gasteiger partial charge on any atom is -0.394 e. The van der Waals surface area contributed by atoms with Gasteiger partial charge < -0.3 is 20.5 Å². The summed E-state index contributed by atoms with van der Waals surface area (Å²) in [6.07, 6.45) is 6.13. The summed E-state index contributed by atoms with van der Waals surface area (Å²) in [6.45, 7) is 0.522. The molecule has 0 bridgehead atoms. The van der Waals surface area contributed by atoms with Crippen molar-refractivity contribution in [3.63, 3.8) is 0 Å². The summed E-state index contributed by atoms with van der Waals surface area (Å²) in [7, 11) is 0. The number of aliphatic hydroxyl groups is 1. The Bertz CT molecular complexity index is 1370. The summed E-state index contributed by atoms with van der Waals surface area (Å²) in [5, 5.41) is 23.1. The summed E-state index contributed by atoms with van der Waals surface area (Å²) in [5.74, 6) is -0.493. The molecule has 2 aromatic heterocycles. The zero-order valence-electron chi connectivity index (χ0n) is 19.1. The third-order valence-corrected chi connectivity index (χ3v) is 6.46. The number of hydrogen-bond donors (Lipinski definition) is 4. The molecule has 1 amide bonds. The van der Waals surface area contributed by atoms with E-state index < -0.39 is 11.9 Å². The van der Waals surface area contributed by atoms with Gasteiger partial charge in [-0.1, -0.05) is 23.7 Å². The molecule has 0 aliphatic carbocycles. The molecule has 1 saturated heterocycles. The number of halogens is 2. The molecule has 36 heavy (non-hydrogen) atoms. The minimum absolute atomic E-state index is 0.00211. The first-order valence-corrected chi connectivity index (χ1v) is 11.9. The quantitative estimate of drug-likeness (QED) is 0.299. The second-order valence-electron chi connectivity index (χ2n) is 8.62. The third kappa shape index (κ3) is 5.30. The Morgan fingerprint density at radius 1 is 1.25 bits per heavy atom. The molecule has 1 aliphatic heterocycles. The van der Waals surface area contributed by atoms with E-state index in [1.54, 1.807) is 42.9 Å². The largest absolute Gasteiger partial charge is 0.394 e. The first kappa shape index (κ1) is 24.1. The lowest BCUT2D eigenvalue weighted by Gasteiger charge is -2.29. The van der Waals surface area contributed by atoms with Gasteiger partial charge in [-0.3, -0.25) is 9.89 Å². The van der Waals surface area contributed by atoms with Crippen LogP contribution in [0.15, 0.2) is 55.0 Å². The van der Waals surface area contributed by atoms with Crippen molar-refractivity contribution in [1.29, 1.82) is 0 Å². The zero-order valence-corrected chi connectivity index (χ0v) is 19.9. The lowest BCUT2D eigenvalue weighted by Crippen LogP contribution is -2.36. The van der Waals surface area contributed by atoms with E-state index >= 15 is 0 Å². The van der Waals surface area contributed by atoms with Crippen LogP contribution in [0.2, 0.25) is 5.02 Å². The number of nitrogens with zero attached hydrogens (tertiary/aromatic N) is 3. The molecule has 4 N–H and O–H groups in total. The van der Waals surface area contributed by atoms with Gasteiger partial charge in [-0.05, 0) is 42.7 Å². The van der Waals surface area contributed by atoms with E-state index in [0.29, 0.717) is 41.2 Å². The molecule has 186 valence electrons. The highest BCUT2D eigenvalue weighted by molar-refractivity contribution is 6.30. The third-order valence-electron chi connectivity index (χ3n) is 6.15. The van der Waals surface area contributed by atoms with E-state index in [1.165, 1.54) is 12.1 Å². The maximum absolute atomic E-state index is 14.2. The highest BCUT2D eigenvalue weighted by atomic mass is 35.5. The number of anilines is 1. The van der Waals surface area contributed by atoms with Crippen LogP contribution in [0.4, 0.5) is 10.3 Å². The maximum atomic E-state index is 14.2. The second-order valence-corrected chi connectivity index (χ2v) is 9.03. The molecule has 0 saturated carbocycles. The Balaban J connectivity index is 1.37.